The first-order valence-corrected chi connectivity index (χ1v) is 8.88. The summed E-state index contributed by atoms with van der Waals surface area (Å²) in [7, 11) is 2.91. The Morgan fingerprint density at radius 3 is 2.00 bits per heavy atom. The molecule has 0 spiro atoms. The molecule has 9 N–H and O–H groups in total. The van der Waals surface area contributed by atoms with Gasteiger partial charge in [0.2, 0.25) is 6.29 Å². The molecule has 170 valence electrons. The van der Waals surface area contributed by atoms with E-state index in [0.717, 1.165) is 0 Å². The van der Waals surface area contributed by atoms with Crippen LogP contribution in [0.2, 0.25) is 0 Å². The first-order chi connectivity index (χ1) is 13.4. The molecule has 0 radical (unpaired) electrons. The van der Waals surface area contributed by atoms with Gasteiger partial charge >= 0.3 is 6.09 Å². The van der Waals surface area contributed by atoms with Crippen LogP contribution in [0.25, 0.3) is 0 Å². The standard InChI is InChI=1S/C15H28N2O12/c1-17(2,3-5-7(19)9(21)11(23)13(25)27-5)16-15(26)29-14-12(24)10(22)8(20)6(4-18)28-14/h5-14,18-25H,3-4H2,1-2H3/p+1. The van der Waals surface area contributed by atoms with Crippen LogP contribution < -0.4 is 5.43 Å². The summed E-state index contributed by atoms with van der Waals surface area (Å²) >= 11 is 0. The molecular formula is C15H29N2O12+. The summed E-state index contributed by atoms with van der Waals surface area (Å²) in [6.45, 7) is -0.868. The molecule has 10 unspecified atom stereocenters. The first-order valence-electron chi connectivity index (χ1n) is 8.88. The summed E-state index contributed by atoms with van der Waals surface area (Å²) < 4.78 is 14.6. The van der Waals surface area contributed by atoms with E-state index >= 15 is 0 Å². The van der Waals surface area contributed by atoms with Gasteiger partial charge in [0.1, 0.15) is 55.4 Å². The van der Waals surface area contributed by atoms with Gasteiger partial charge in [-0.2, -0.15) is 5.43 Å². The number of nitrogens with zero attached hydrogens (tertiary/aromatic N) is 1. The SMILES string of the molecule is C[N+](C)(CC1OC(O)C(O)C(O)C1O)NC(=O)OC1OC(CO)C(O)C(O)C1O. The molecule has 2 aliphatic heterocycles. The van der Waals surface area contributed by atoms with Crippen molar-refractivity contribution in [2.24, 2.45) is 0 Å². The molecule has 14 heteroatoms. The van der Waals surface area contributed by atoms with E-state index in [1.165, 1.54) is 14.1 Å². The van der Waals surface area contributed by atoms with Crippen molar-refractivity contribution in [3.8, 4) is 0 Å². The Morgan fingerprint density at radius 2 is 1.41 bits per heavy atom. The maximum atomic E-state index is 12.2. The number of ether oxygens (including phenoxy) is 3. The van der Waals surface area contributed by atoms with Gasteiger partial charge in [0.15, 0.2) is 6.29 Å². The molecule has 0 aliphatic carbocycles. The van der Waals surface area contributed by atoms with Crippen molar-refractivity contribution >= 4 is 6.09 Å². The fourth-order valence-corrected chi connectivity index (χ4v) is 3.12. The smallest absolute Gasteiger partial charge is 0.413 e. The number of nitrogens with one attached hydrogen (secondary N) is 1. The van der Waals surface area contributed by atoms with Gasteiger partial charge in [0.05, 0.1) is 20.7 Å². The summed E-state index contributed by atoms with van der Waals surface area (Å²) in [6, 6.07) is 0. The van der Waals surface area contributed by atoms with Crippen molar-refractivity contribution in [3.63, 3.8) is 0 Å². The van der Waals surface area contributed by atoms with Crippen LogP contribution in [0.3, 0.4) is 0 Å². The largest absolute Gasteiger partial charge is 0.454 e. The van der Waals surface area contributed by atoms with Crippen LogP contribution in [0, 0.1) is 0 Å². The van der Waals surface area contributed by atoms with Gasteiger partial charge in [-0.15, -0.1) is 0 Å². The van der Waals surface area contributed by atoms with Crippen LogP contribution >= 0.6 is 0 Å². The van der Waals surface area contributed by atoms with Gasteiger partial charge in [-0.05, 0) is 0 Å². The molecule has 1 amide bonds. The number of carbonyl (C=O) groups is 1. The Bertz CT molecular complexity index is 563. The number of amides is 1. The molecule has 29 heavy (non-hydrogen) atoms. The lowest BCUT2D eigenvalue weighted by Gasteiger charge is -2.41. The first kappa shape index (κ1) is 24.1. The predicted molar refractivity (Wildman–Crippen MR) is 89.3 cm³/mol. The maximum Gasteiger partial charge on any atom is 0.454 e. The Kier molecular flexibility index (Phi) is 7.74. The summed E-state index contributed by atoms with van der Waals surface area (Å²) in [5.41, 5.74) is 2.35. The molecule has 10 atom stereocenters. The van der Waals surface area contributed by atoms with Crippen molar-refractivity contribution in [2.45, 2.75) is 61.4 Å². The van der Waals surface area contributed by atoms with Gasteiger partial charge in [0, 0.05) is 0 Å². The number of carbonyl (C=O) groups excluding carboxylic acids is 1. The zero-order chi connectivity index (χ0) is 22.1. The highest BCUT2D eigenvalue weighted by molar-refractivity contribution is 5.65. The van der Waals surface area contributed by atoms with Gasteiger partial charge in [-0.25, -0.2) is 9.39 Å². The molecule has 2 heterocycles. The minimum atomic E-state index is -1.77. The third-order valence-electron chi connectivity index (χ3n) is 4.79. The number of aliphatic hydroxyl groups excluding tert-OH is 8. The number of hydrogen-bond acceptors (Lipinski definition) is 12. The van der Waals surface area contributed by atoms with Crippen LogP contribution in [0.1, 0.15) is 0 Å². The van der Waals surface area contributed by atoms with Crippen LogP contribution in [-0.4, -0.2) is 140 Å². The highest BCUT2D eigenvalue weighted by atomic mass is 16.7. The van der Waals surface area contributed by atoms with E-state index in [2.05, 4.69) is 5.43 Å². The predicted octanol–water partition coefficient (Wildman–Crippen LogP) is -5.70. The Hall–Kier alpha value is -1.17. The van der Waals surface area contributed by atoms with Gasteiger partial charge in [-0.3, -0.25) is 0 Å². The molecule has 0 aromatic heterocycles. The van der Waals surface area contributed by atoms with E-state index in [4.69, 9.17) is 19.3 Å². The van der Waals surface area contributed by atoms with E-state index in [0.29, 0.717) is 0 Å². The van der Waals surface area contributed by atoms with Crippen molar-refractivity contribution in [2.75, 3.05) is 27.2 Å². The van der Waals surface area contributed by atoms with Gasteiger partial charge < -0.3 is 55.1 Å². The molecule has 2 aliphatic rings. The number of rotatable bonds is 5. The lowest BCUT2D eigenvalue weighted by Crippen LogP contribution is -2.66. The van der Waals surface area contributed by atoms with Gasteiger partial charge in [0.25, 0.3) is 0 Å². The van der Waals surface area contributed by atoms with Crippen molar-refractivity contribution in [1.82, 2.24) is 5.43 Å². The second kappa shape index (κ2) is 9.32. The average Bonchev–Trinajstić information content (AvgIpc) is 2.64. The minimum absolute atomic E-state index is 0.175. The normalized spacial score (nSPS) is 43.7. The van der Waals surface area contributed by atoms with Crippen molar-refractivity contribution < 1.29 is 64.4 Å². The second-order valence-electron chi connectivity index (χ2n) is 7.62. The molecule has 0 saturated carbocycles. The number of hydrogen-bond donors (Lipinski definition) is 9. The summed E-state index contributed by atoms with van der Waals surface area (Å²) in [5.74, 6) is 0. The van der Waals surface area contributed by atoms with E-state index in [-0.39, 0.29) is 6.54 Å². The molecule has 14 nitrogen and oxygen atoms in total. The van der Waals surface area contributed by atoms with Crippen molar-refractivity contribution in [3.05, 3.63) is 0 Å². The number of aliphatic hydroxyl groups is 8. The third kappa shape index (κ3) is 5.50. The monoisotopic (exact) mass is 429 g/mol. The Morgan fingerprint density at radius 1 is 0.862 bits per heavy atom. The molecule has 0 bridgehead atoms. The number of likely N-dealkylation sites (N-methyl/N-ethyl adjacent to an activating group) is 1. The van der Waals surface area contributed by atoms with E-state index in [9.17, 15) is 40.5 Å². The van der Waals surface area contributed by atoms with Crippen LogP contribution in [0.5, 0.6) is 0 Å². The van der Waals surface area contributed by atoms with Crippen molar-refractivity contribution in [1.29, 1.82) is 0 Å². The van der Waals surface area contributed by atoms with Crippen LogP contribution in [-0.2, 0) is 14.2 Å². The Balaban J connectivity index is 1.95. The molecule has 0 aromatic rings. The lowest BCUT2D eigenvalue weighted by atomic mass is 9.98. The van der Waals surface area contributed by atoms with E-state index in [1.54, 1.807) is 0 Å². The third-order valence-corrected chi connectivity index (χ3v) is 4.79. The molecule has 2 fully saturated rings. The lowest BCUT2D eigenvalue weighted by molar-refractivity contribution is -0.929. The minimum Gasteiger partial charge on any atom is -0.413 e. The Labute approximate surface area is 165 Å². The number of quaternary nitrogens is 1. The van der Waals surface area contributed by atoms with Crippen LogP contribution in [0.15, 0.2) is 0 Å². The topological polar surface area (TPSA) is 219 Å². The molecule has 2 rings (SSSR count). The fourth-order valence-electron chi connectivity index (χ4n) is 3.12. The van der Waals surface area contributed by atoms with E-state index < -0.39 is 78.7 Å². The second-order valence-corrected chi connectivity index (χ2v) is 7.62. The summed E-state index contributed by atoms with van der Waals surface area (Å²) in [6.07, 6.45) is -17.0. The molecule has 2 saturated heterocycles. The maximum absolute atomic E-state index is 12.2. The summed E-state index contributed by atoms with van der Waals surface area (Å²) in [5, 5.41) is 77.3. The highest BCUT2D eigenvalue weighted by Crippen LogP contribution is 2.23. The molecular weight excluding hydrogens is 400 g/mol. The van der Waals surface area contributed by atoms with Crippen LogP contribution in [0.4, 0.5) is 4.79 Å². The average molecular weight is 429 g/mol. The fraction of sp³-hybridized carbons (Fsp3) is 0.933. The highest BCUT2D eigenvalue weighted by Gasteiger charge is 2.47. The molecule has 0 aromatic carbocycles. The van der Waals surface area contributed by atoms with E-state index in [1.807, 2.05) is 0 Å². The van der Waals surface area contributed by atoms with Gasteiger partial charge in [-0.1, -0.05) is 0 Å². The summed E-state index contributed by atoms with van der Waals surface area (Å²) in [4.78, 5) is 12.2. The zero-order valence-corrected chi connectivity index (χ0v) is 15.8. The quantitative estimate of drug-likeness (QED) is 0.147. The zero-order valence-electron chi connectivity index (χ0n) is 15.8.